The lowest BCUT2D eigenvalue weighted by molar-refractivity contribution is -0.139. The van der Waals surface area contributed by atoms with E-state index in [1.165, 1.54) is 0 Å². The molecule has 3 unspecified atom stereocenters. The number of halogens is 1. The van der Waals surface area contributed by atoms with Gasteiger partial charge in [0.2, 0.25) is 17.7 Å². The monoisotopic (exact) mass is 535 g/mol. The Hall–Kier alpha value is -1.77. The Morgan fingerprint density at radius 3 is 2.67 bits per heavy atom. The first-order chi connectivity index (χ1) is 17.3. The Balaban J connectivity index is 1.67. The molecule has 9 heteroatoms. The van der Waals surface area contributed by atoms with Crippen molar-refractivity contribution in [3.63, 3.8) is 0 Å². The largest absolute Gasteiger partial charge is 0.396 e. The van der Waals surface area contributed by atoms with E-state index in [0.29, 0.717) is 23.8 Å². The third-order valence-electron chi connectivity index (χ3n) is 8.12. The highest BCUT2D eigenvalue weighted by Crippen LogP contribution is 2.68. The quantitative estimate of drug-likeness (QED) is 0.372. The maximum Gasteiger partial charge on any atom is 0.248 e. The molecule has 0 aromatic heterocycles. The highest BCUT2D eigenvalue weighted by atomic mass is 35.5. The Kier molecular flexibility index (Phi) is 8.57. The minimum atomic E-state index is -0.669. The predicted octanol–water partition coefficient (Wildman–Crippen LogP) is 4.00. The number of carbonyl (C=O) groups excluding carboxylic acids is 3. The van der Waals surface area contributed by atoms with Crippen LogP contribution >= 0.6 is 23.4 Å². The van der Waals surface area contributed by atoms with Gasteiger partial charge in [0.15, 0.2) is 0 Å². The number of aryl methyl sites for hydroxylation is 1. The molecule has 6 atom stereocenters. The lowest BCUT2D eigenvalue weighted by Crippen LogP contribution is -2.55. The number of fused-ring (bicyclic) bond motifs is 1. The standard InChI is InChI=1S/C27H38ClN3O4S/c1-4-12-29-24(33)20-19-15-17(3)27(36-19)21(20)26(35)31(13-7-5-6-8-14-32)23(27)25(34)30-22-16(2)10-9-11-18(22)28/h9-11,17,19-21,23,32H,4-8,12-15H2,1-3H3,(H,29,33)(H,30,34)/t17?,19-,20+,21-,23?,27?/m0/s1. The van der Waals surface area contributed by atoms with Gasteiger partial charge in [-0.2, -0.15) is 0 Å². The summed E-state index contributed by atoms with van der Waals surface area (Å²) in [4.78, 5) is 43.0. The van der Waals surface area contributed by atoms with Gasteiger partial charge in [-0.1, -0.05) is 50.4 Å². The number of likely N-dealkylation sites (tertiary alicyclic amines) is 1. The van der Waals surface area contributed by atoms with Crippen LogP contribution in [-0.2, 0) is 14.4 Å². The number of nitrogens with zero attached hydrogens (tertiary/aromatic N) is 1. The van der Waals surface area contributed by atoms with Gasteiger partial charge in [0, 0.05) is 24.9 Å². The van der Waals surface area contributed by atoms with Crippen molar-refractivity contribution >= 4 is 46.8 Å². The summed E-state index contributed by atoms with van der Waals surface area (Å²) in [5, 5.41) is 15.7. The smallest absolute Gasteiger partial charge is 0.248 e. The van der Waals surface area contributed by atoms with E-state index in [0.717, 1.165) is 44.1 Å². The van der Waals surface area contributed by atoms with E-state index in [9.17, 15) is 14.4 Å². The average Bonchev–Trinajstić information content (AvgIpc) is 3.43. The minimum Gasteiger partial charge on any atom is -0.396 e. The molecule has 3 heterocycles. The van der Waals surface area contributed by atoms with E-state index < -0.39 is 22.6 Å². The molecule has 0 aliphatic carbocycles. The van der Waals surface area contributed by atoms with Crippen molar-refractivity contribution in [1.29, 1.82) is 0 Å². The predicted molar refractivity (Wildman–Crippen MR) is 144 cm³/mol. The van der Waals surface area contributed by atoms with Crippen LogP contribution in [0.1, 0.15) is 57.9 Å². The third-order valence-corrected chi connectivity index (χ3v) is 10.5. The molecular weight excluding hydrogens is 498 g/mol. The van der Waals surface area contributed by atoms with Crippen molar-refractivity contribution in [3.8, 4) is 0 Å². The topological polar surface area (TPSA) is 98.7 Å². The van der Waals surface area contributed by atoms with Gasteiger partial charge in [-0.15, -0.1) is 11.8 Å². The second-order valence-corrected chi connectivity index (χ2v) is 12.4. The molecule has 3 fully saturated rings. The Bertz CT molecular complexity index is 987. The van der Waals surface area contributed by atoms with E-state index in [2.05, 4.69) is 17.6 Å². The molecule has 0 saturated carbocycles. The summed E-state index contributed by atoms with van der Waals surface area (Å²) in [7, 11) is 0. The zero-order valence-corrected chi connectivity index (χ0v) is 23.0. The van der Waals surface area contributed by atoms with Gasteiger partial charge in [0.25, 0.3) is 0 Å². The van der Waals surface area contributed by atoms with Gasteiger partial charge < -0.3 is 20.6 Å². The van der Waals surface area contributed by atoms with Gasteiger partial charge in [-0.3, -0.25) is 14.4 Å². The molecule has 3 aliphatic heterocycles. The van der Waals surface area contributed by atoms with Crippen molar-refractivity contribution in [2.24, 2.45) is 17.8 Å². The molecule has 198 valence electrons. The first-order valence-corrected chi connectivity index (χ1v) is 14.5. The van der Waals surface area contributed by atoms with Crippen molar-refractivity contribution in [2.45, 2.75) is 75.3 Å². The molecular formula is C27H38ClN3O4S. The summed E-state index contributed by atoms with van der Waals surface area (Å²) < 4.78 is -0.639. The number of benzene rings is 1. The molecule has 3 aliphatic rings. The summed E-state index contributed by atoms with van der Waals surface area (Å²) in [6.45, 7) is 7.23. The number of carbonyl (C=O) groups is 3. The van der Waals surface area contributed by atoms with Crippen LogP contribution < -0.4 is 10.6 Å². The maximum absolute atomic E-state index is 14.0. The van der Waals surface area contributed by atoms with E-state index >= 15 is 0 Å². The van der Waals surface area contributed by atoms with E-state index in [4.69, 9.17) is 16.7 Å². The summed E-state index contributed by atoms with van der Waals surface area (Å²) in [5.41, 5.74) is 1.43. The lowest BCUT2D eigenvalue weighted by Gasteiger charge is -2.38. The number of anilines is 1. The number of para-hydroxylation sites is 1. The third kappa shape index (κ3) is 4.65. The molecule has 0 radical (unpaired) electrons. The molecule has 3 amide bonds. The summed E-state index contributed by atoms with van der Waals surface area (Å²) in [6.07, 6.45) is 4.86. The summed E-state index contributed by atoms with van der Waals surface area (Å²) in [6, 6.07) is 4.82. The highest BCUT2D eigenvalue weighted by Gasteiger charge is 2.75. The molecule has 3 N–H and O–H groups in total. The lowest BCUT2D eigenvalue weighted by atomic mass is 9.66. The van der Waals surface area contributed by atoms with Crippen LogP contribution in [0.4, 0.5) is 5.69 Å². The first-order valence-electron chi connectivity index (χ1n) is 13.2. The normalized spacial score (nSPS) is 30.5. The maximum atomic E-state index is 14.0. The van der Waals surface area contributed by atoms with Gasteiger partial charge in [-0.05, 0) is 50.2 Å². The summed E-state index contributed by atoms with van der Waals surface area (Å²) >= 11 is 8.12. The van der Waals surface area contributed by atoms with E-state index in [1.807, 2.05) is 26.0 Å². The first kappa shape index (κ1) is 27.3. The number of thioether (sulfide) groups is 1. The molecule has 3 saturated heterocycles. The Morgan fingerprint density at radius 2 is 1.97 bits per heavy atom. The van der Waals surface area contributed by atoms with Crippen molar-refractivity contribution < 1.29 is 19.5 Å². The number of hydrogen-bond donors (Lipinski definition) is 3. The molecule has 1 spiro atoms. The second-order valence-electron chi connectivity index (χ2n) is 10.4. The fourth-order valence-corrected chi connectivity index (χ4v) is 9.15. The number of aliphatic hydroxyl groups is 1. The zero-order valence-electron chi connectivity index (χ0n) is 21.4. The van der Waals surface area contributed by atoms with Crippen molar-refractivity contribution in [3.05, 3.63) is 28.8 Å². The van der Waals surface area contributed by atoms with Crippen LogP contribution in [-0.4, -0.2) is 63.5 Å². The summed E-state index contributed by atoms with van der Waals surface area (Å²) in [5.74, 6) is -1.17. The Labute approximate surface area is 223 Å². The molecule has 1 aromatic rings. The number of amides is 3. The number of unbranched alkanes of at least 4 members (excludes halogenated alkanes) is 3. The van der Waals surface area contributed by atoms with Crippen LogP contribution in [0, 0.1) is 24.7 Å². The number of hydrogen-bond acceptors (Lipinski definition) is 5. The molecule has 36 heavy (non-hydrogen) atoms. The van der Waals surface area contributed by atoms with Crippen molar-refractivity contribution in [1.82, 2.24) is 10.2 Å². The second kappa shape index (κ2) is 11.3. The molecule has 1 aromatic carbocycles. The molecule has 2 bridgehead atoms. The van der Waals surface area contributed by atoms with Crippen molar-refractivity contribution in [2.75, 3.05) is 25.0 Å². The minimum absolute atomic E-state index is 0.0369. The average molecular weight is 536 g/mol. The van der Waals surface area contributed by atoms with Gasteiger partial charge in [0.1, 0.15) is 6.04 Å². The fraction of sp³-hybridized carbons (Fsp3) is 0.667. The Morgan fingerprint density at radius 1 is 1.22 bits per heavy atom. The van der Waals surface area contributed by atoms with E-state index in [1.54, 1.807) is 22.7 Å². The van der Waals surface area contributed by atoms with Gasteiger partial charge in [-0.25, -0.2) is 0 Å². The highest BCUT2D eigenvalue weighted by molar-refractivity contribution is 8.02. The fourth-order valence-electron chi connectivity index (χ4n) is 6.46. The van der Waals surface area contributed by atoms with Crippen LogP contribution in [0.15, 0.2) is 18.2 Å². The van der Waals surface area contributed by atoms with E-state index in [-0.39, 0.29) is 35.5 Å². The van der Waals surface area contributed by atoms with Crippen LogP contribution in [0.5, 0.6) is 0 Å². The number of nitrogens with one attached hydrogen (secondary N) is 2. The van der Waals surface area contributed by atoms with Gasteiger partial charge in [0.05, 0.1) is 27.3 Å². The molecule has 4 rings (SSSR count). The molecule has 7 nitrogen and oxygen atoms in total. The van der Waals surface area contributed by atoms with Crippen LogP contribution in [0.3, 0.4) is 0 Å². The van der Waals surface area contributed by atoms with Crippen LogP contribution in [0.2, 0.25) is 5.02 Å². The zero-order chi connectivity index (χ0) is 26.0. The number of aliphatic hydroxyl groups excluding tert-OH is 1. The van der Waals surface area contributed by atoms with Gasteiger partial charge >= 0.3 is 0 Å². The SMILES string of the molecule is CCCNC(=O)[C@@H]1[C@@H]2CC(C)C3(S2)C(C(=O)Nc2c(C)cccc2Cl)N(CCCCCCO)C(=O)[C@H]13. The number of rotatable bonds is 11. The van der Waals surface area contributed by atoms with Crippen LogP contribution in [0.25, 0.3) is 0 Å².